The van der Waals surface area contributed by atoms with E-state index in [4.69, 9.17) is 23.7 Å². The molecule has 1 aliphatic rings. The second-order valence-electron chi connectivity index (χ2n) is 18.9. The monoisotopic (exact) mass is 999 g/mol. The zero-order chi connectivity index (χ0) is 51.8. The molecular weight excluding hydrogens is 901 g/mol. The van der Waals surface area contributed by atoms with Gasteiger partial charge in [0, 0.05) is 12.8 Å². The maximum atomic E-state index is 13.1. The number of carboxylic acid groups (broad SMARTS) is 1. The zero-order valence-electron chi connectivity index (χ0n) is 44.4. The lowest BCUT2D eigenvalue weighted by Gasteiger charge is -2.40. The number of esters is 3. The van der Waals surface area contributed by atoms with E-state index in [1.807, 2.05) is 12.2 Å². The number of rotatable bonds is 46. The van der Waals surface area contributed by atoms with E-state index in [2.05, 4.69) is 75.5 Å². The maximum Gasteiger partial charge on any atom is 0.335 e. The number of hydrogen-bond acceptors (Lipinski definition) is 11. The number of aliphatic hydroxyl groups is 2. The van der Waals surface area contributed by atoms with E-state index in [1.165, 1.54) is 83.5 Å². The first-order valence-corrected chi connectivity index (χ1v) is 27.9. The highest BCUT2D eigenvalue weighted by Crippen LogP contribution is 2.26. The van der Waals surface area contributed by atoms with Gasteiger partial charge < -0.3 is 39.0 Å². The first-order valence-electron chi connectivity index (χ1n) is 27.9. The number of hydrogen-bond donors (Lipinski definition) is 3. The van der Waals surface area contributed by atoms with Crippen LogP contribution >= 0.6 is 0 Å². The lowest BCUT2D eigenvalue weighted by Crippen LogP contribution is -2.61. The second kappa shape index (κ2) is 47.2. The number of allylic oxidation sites excluding steroid dienone is 11. The van der Waals surface area contributed by atoms with Crippen LogP contribution in [0.5, 0.6) is 0 Å². The van der Waals surface area contributed by atoms with Crippen molar-refractivity contribution in [3.8, 4) is 0 Å². The Hall–Kier alpha value is -3.84. The quantitative estimate of drug-likeness (QED) is 0.0228. The zero-order valence-corrected chi connectivity index (χ0v) is 44.4. The molecule has 0 aliphatic carbocycles. The molecule has 0 radical (unpaired) electrons. The van der Waals surface area contributed by atoms with Gasteiger partial charge in [0.05, 0.1) is 13.0 Å². The predicted molar refractivity (Wildman–Crippen MR) is 285 cm³/mol. The van der Waals surface area contributed by atoms with Crippen LogP contribution in [-0.4, -0.2) is 89.2 Å². The van der Waals surface area contributed by atoms with Gasteiger partial charge in [0.15, 0.2) is 24.6 Å². The average Bonchev–Trinajstić information content (AvgIpc) is 3.35. The second-order valence-corrected chi connectivity index (χ2v) is 18.9. The molecule has 0 bridgehead atoms. The number of aliphatic hydroxyl groups excluding tert-OH is 2. The van der Waals surface area contributed by atoms with Gasteiger partial charge >= 0.3 is 23.9 Å². The molecular formula is C59H98O12. The van der Waals surface area contributed by atoms with Crippen molar-refractivity contribution in [2.75, 3.05) is 13.2 Å². The van der Waals surface area contributed by atoms with Gasteiger partial charge in [-0.1, -0.05) is 216 Å². The van der Waals surface area contributed by atoms with Gasteiger partial charge in [-0.15, -0.1) is 0 Å². The topological polar surface area (TPSA) is 175 Å². The summed E-state index contributed by atoms with van der Waals surface area (Å²) < 4.78 is 28.2. The van der Waals surface area contributed by atoms with Gasteiger partial charge in [-0.3, -0.25) is 14.4 Å². The molecule has 0 spiro atoms. The molecule has 12 nitrogen and oxygen atoms in total. The van der Waals surface area contributed by atoms with Crippen LogP contribution in [0.4, 0.5) is 0 Å². The van der Waals surface area contributed by atoms with Crippen molar-refractivity contribution in [3.05, 3.63) is 72.9 Å². The Labute approximate surface area is 429 Å². The average molecular weight is 999 g/mol. The minimum atomic E-state index is -1.92. The Morgan fingerprint density at radius 2 is 0.944 bits per heavy atom. The number of ether oxygens (including phenoxy) is 5. The predicted octanol–water partition coefficient (Wildman–Crippen LogP) is 13.8. The lowest BCUT2D eigenvalue weighted by molar-refractivity contribution is -0.301. The normalized spacial score (nSPS) is 19.0. The molecule has 0 aromatic rings. The van der Waals surface area contributed by atoms with E-state index in [9.17, 15) is 34.5 Å². The molecule has 1 aliphatic heterocycles. The molecule has 0 aromatic carbocycles. The first kappa shape index (κ1) is 65.2. The summed E-state index contributed by atoms with van der Waals surface area (Å²) in [7, 11) is 0. The van der Waals surface area contributed by atoms with Crippen molar-refractivity contribution in [3.63, 3.8) is 0 Å². The number of carbonyl (C=O) groups excluding carboxylic acids is 3. The molecule has 0 amide bonds. The van der Waals surface area contributed by atoms with Crippen molar-refractivity contribution in [1.82, 2.24) is 0 Å². The number of carbonyl (C=O) groups is 4. The molecule has 1 heterocycles. The van der Waals surface area contributed by atoms with Gasteiger partial charge in [0.25, 0.3) is 0 Å². The van der Waals surface area contributed by atoms with Crippen LogP contribution < -0.4 is 0 Å². The molecule has 1 fully saturated rings. The van der Waals surface area contributed by atoms with E-state index in [-0.39, 0.29) is 25.9 Å². The molecule has 71 heavy (non-hydrogen) atoms. The van der Waals surface area contributed by atoms with Crippen LogP contribution in [0.1, 0.15) is 226 Å². The minimum Gasteiger partial charge on any atom is -0.479 e. The van der Waals surface area contributed by atoms with Crippen LogP contribution in [0.15, 0.2) is 72.9 Å². The smallest absolute Gasteiger partial charge is 0.335 e. The van der Waals surface area contributed by atoms with Crippen LogP contribution in [0.25, 0.3) is 0 Å². The van der Waals surface area contributed by atoms with E-state index >= 15 is 0 Å². The summed E-state index contributed by atoms with van der Waals surface area (Å²) >= 11 is 0. The molecule has 1 saturated heterocycles. The third-order valence-electron chi connectivity index (χ3n) is 12.3. The largest absolute Gasteiger partial charge is 0.479 e. The summed E-state index contributed by atoms with van der Waals surface area (Å²) in [6, 6.07) is 0. The Kier molecular flexibility index (Phi) is 43.3. The highest BCUT2D eigenvalue weighted by molar-refractivity contribution is 5.74. The Bertz CT molecular complexity index is 1510. The fraction of sp³-hybridized carbons (Fsp3) is 0.729. The van der Waals surface area contributed by atoms with E-state index in [0.717, 1.165) is 83.5 Å². The highest BCUT2D eigenvalue weighted by Gasteiger charge is 2.50. The summed E-state index contributed by atoms with van der Waals surface area (Å²) in [5, 5.41) is 31.4. The summed E-state index contributed by atoms with van der Waals surface area (Å²) in [4.78, 5) is 50.9. The molecule has 6 unspecified atom stereocenters. The molecule has 0 saturated carbocycles. The third kappa shape index (κ3) is 37.6. The SMILES string of the molecule is CC/C=C\C/C=C\C/C=C\C/C=C\C/C=C\CC(=O)OCC(COC1OC(C(=O)O)C(O)C(O)C1OC(=O)CCCCCCC/C=C\CCCC)OC(=O)CCCCCCCCCCCCCCCCC. The van der Waals surface area contributed by atoms with Crippen LogP contribution in [-0.2, 0) is 42.9 Å². The summed E-state index contributed by atoms with van der Waals surface area (Å²) in [6.07, 6.45) is 46.3. The van der Waals surface area contributed by atoms with Crippen molar-refractivity contribution >= 4 is 23.9 Å². The molecule has 12 heteroatoms. The number of aliphatic carboxylic acids is 1. The number of carboxylic acids is 1. The van der Waals surface area contributed by atoms with Gasteiger partial charge in [0.2, 0.25) is 0 Å². The van der Waals surface area contributed by atoms with Crippen molar-refractivity contribution in [2.24, 2.45) is 0 Å². The minimum absolute atomic E-state index is 0.0151. The van der Waals surface area contributed by atoms with Crippen LogP contribution in [0.2, 0.25) is 0 Å². The van der Waals surface area contributed by atoms with Gasteiger partial charge in [-0.05, 0) is 64.2 Å². The summed E-state index contributed by atoms with van der Waals surface area (Å²) in [6.45, 7) is 5.73. The molecule has 3 N–H and O–H groups in total. The van der Waals surface area contributed by atoms with Crippen molar-refractivity contribution in [2.45, 2.75) is 263 Å². The Morgan fingerprint density at radius 1 is 0.493 bits per heavy atom. The van der Waals surface area contributed by atoms with E-state index < -0.39 is 67.3 Å². The fourth-order valence-corrected chi connectivity index (χ4v) is 8.01. The third-order valence-corrected chi connectivity index (χ3v) is 12.3. The van der Waals surface area contributed by atoms with Gasteiger partial charge in [-0.2, -0.15) is 0 Å². The molecule has 6 atom stereocenters. The van der Waals surface area contributed by atoms with Crippen LogP contribution in [0, 0.1) is 0 Å². The lowest BCUT2D eigenvalue weighted by atomic mass is 9.98. The van der Waals surface area contributed by atoms with Gasteiger partial charge in [-0.25, -0.2) is 4.79 Å². The standard InChI is InChI=1S/C59H98O12/c1-4-7-10-13-16-19-22-24-26-28-31-33-36-39-42-45-51(60)67-48-50(69-52(61)46-43-40-37-35-32-29-27-25-23-20-17-14-11-8-5-2)49-68-59-57(55(64)54(63)56(71-59)58(65)66)70-53(62)47-44-41-38-34-30-21-18-15-12-9-6-3/h7,10,15-16,18-19,24,26,31,33,39,42,50,54-57,59,63-64H,4-6,8-9,11-14,17,20-23,25,27-30,32,34-38,40-41,43-49H2,1-3H3,(H,65,66)/b10-7-,18-15-,19-16-,26-24-,33-31-,42-39-. The highest BCUT2D eigenvalue weighted by atomic mass is 16.7. The van der Waals surface area contributed by atoms with E-state index in [0.29, 0.717) is 19.3 Å². The number of unbranched alkanes of at least 4 members (excludes halogenated alkanes) is 21. The maximum absolute atomic E-state index is 13.1. The van der Waals surface area contributed by atoms with E-state index in [1.54, 1.807) is 6.08 Å². The fourth-order valence-electron chi connectivity index (χ4n) is 8.01. The molecule has 406 valence electrons. The first-order chi connectivity index (χ1) is 34.6. The Morgan fingerprint density at radius 3 is 1.45 bits per heavy atom. The molecule has 1 rings (SSSR count). The molecule has 0 aromatic heterocycles. The Balaban J connectivity index is 2.77. The summed E-state index contributed by atoms with van der Waals surface area (Å²) in [5.74, 6) is -3.29. The van der Waals surface area contributed by atoms with Gasteiger partial charge in [0.1, 0.15) is 18.8 Å². The van der Waals surface area contributed by atoms with Crippen molar-refractivity contribution in [1.29, 1.82) is 0 Å². The van der Waals surface area contributed by atoms with Crippen molar-refractivity contribution < 1.29 is 58.2 Å². The van der Waals surface area contributed by atoms with Crippen LogP contribution in [0.3, 0.4) is 0 Å². The summed E-state index contributed by atoms with van der Waals surface area (Å²) in [5.41, 5.74) is 0.